The third kappa shape index (κ3) is 1.64. The predicted octanol–water partition coefficient (Wildman–Crippen LogP) is 0.435. The summed E-state index contributed by atoms with van der Waals surface area (Å²) in [6, 6.07) is -0.671. The minimum atomic E-state index is -0.877. The first-order valence-corrected chi connectivity index (χ1v) is 6.88. The lowest BCUT2D eigenvalue weighted by Gasteiger charge is -2.32. The number of likely N-dealkylation sites (tertiary alicyclic amines) is 1. The minimum absolute atomic E-state index is 0.000370. The first kappa shape index (κ1) is 12.0. The van der Waals surface area contributed by atoms with Gasteiger partial charge in [-0.15, -0.1) is 0 Å². The molecule has 0 aromatic carbocycles. The van der Waals surface area contributed by atoms with Crippen molar-refractivity contribution in [1.82, 2.24) is 4.90 Å². The van der Waals surface area contributed by atoms with Gasteiger partial charge in [-0.05, 0) is 43.9 Å². The van der Waals surface area contributed by atoms with Gasteiger partial charge in [0.25, 0.3) is 0 Å². The van der Waals surface area contributed by atoms with E-state index in [1.807, 2.05) is 0 Å². The minimum Gasteiger partial charge on any atom is -0.480 e. The topological polar surface area (TPSA) is 83.6 Å². The molecule has 3 rings (SSSR count). The summed E-state index contributed by atoms with van der Waals surface area (Å²) in [5, 5.41) is 9.15. The Balaban J connectivity index is 1.76. The number of aliphatic carboxylic acids is 1. The van der Waals surface area contributed by atoms with Gasteiger partial charge in [-0.25, -0.2) is 4.79 Å². The molecule has 1 aliphatic heterocycles. The van der Waals surface area contributed by atoms with Crippen LogP contribution in [0.2, 0.25) is 0 Å². The van der Waals surface area contributed by atoms with Crippen molar-refractivity contribution in [2.24, 2.45) is 23.5 Å². The molecule has 18 heavy (non-hydrogen) atoms. The Kier molecular flexibility index (Phi) is 2.81. The highest BCUT2D eigenvalue weighted by Crippen LogP contribution is 2.48. The Morgan fingerprint density at radius 3 is 2.50 bits per heavy atom. The molecule has 0 radical (unpaired) electrons. The lowest BCUT2D eigenvalue weighted by Crippen LogP contribution is -2.50. The summed E-state index contributed by atoms with van der Waals surface area (Å²) in [7, 11) is 0. The summed E-state index contributed by atoms with van der Waals surface area (Å²) in [6.45, 7) is 0.580. The number of amides is 1. The first-order valence-electron chi connectivity index (χ1n) is 6.88. The number of carbonyl (C=O) groups excluding carboxylic acids is 1. The highest BCUT2D eigenvalue weighted by molar-refractivity contribution is 5.86. The first-order chi connectivity index (χ1) is 8.59. The Morgan fingerprint density at radius 1 is 1.17 bits per heavy atom. The molecule has 0 aromatic heterocycles. The van der Waals surface area contributed by atoms with Gasteiger partial charge < -0.3 is 15.7 Å². The lowest BCUT2D eigenvalue weighted by atomic mass is 9.84. The number of carboxylic acid groups (broad SMARTS) is 1. The fraction of sp³-hybridized carbons (Fsp3) is 0.846. The van der Waals surface area contributed by atoms with E-state index in [-0.39, 0.29) is 17.9 Å². The van der Waals surface area contributed by atoms with E-state index in [2.05, 4.69) is 0 Å². The molecule has 3 aliphatic rings. The molecule has 4 unspecified atom stereocenters. The number of carboxylic acids is 1. The molecule has 100 valence electrons. The third-order valence-electron chi connectivity index (χ3n) is 5.09. The quantitative estimate of drug-likeness (QED) is 0.746. The maximum absolute atomic E-state index is 12.5. The van der Waals surface area contributed by atoms with E-state index in [9.17, 15) is 9.59 Å². The smallest absolute Gasteiger partial charge is 0.326 e. The van der Waals surface area contributed by atoms with Gasteiger partial charge in [0.1, 0.15) is 6.04 Å². The monoisotopic (exact) mass is 252 g/mol. The van der Waals surface area contributed by atoms with Crippen molar-refractivity contribution in [3.8, 4) is 0 Å². The van der Waals surface area contributed by atoms with Crippen LogP contribution in [0.25, 0.3) is 0 Å². The van der Waals surface area contributed by atoms with Crippen LogP contribution in [0.3, 0.4) is 0 Å². The summed E-state index contributed by atoms with van der Waals surface area (Å²) in [4.78, 5) is 25.3. The van der Waals surface area contributed by atoms with Crippen LogP contribution in [-0.2, 0) is 9.59 Å². The maximum atomic E-state index is 12.5. The van der Waals surface area contributed by atoms with E-state index in [0.717, 1.165) is 25.7 Å². The summed E-state index contributed by atoms with van der Waals surface area (Å²) >= 11 is 0. The van der Waals surface area contributed by atoms with E-state index < -0.39 is 12.0 Å². The van der Waals surface area contributed by atoms with Crippen molar-refractivity contribution >= 4 is 11.9 Å². The average molecular weight is 252 g/mol. The van der Waals surface area contributed by atoms with Crippen molar-refractivity contribution in [2.45, 2.75) is 44.2 Å². The molecule has 2 saturated carbocycles. The summed E-state index contributed by atoms with van der Waals surface area (Å²) in [5.41, 5.74) is 6.16. The van der Waals surface area contributed by atoms with Gasteiger partial charge >= 0.3 is 5.97 Å². The SMILES string of the molecule is NC1C2CCC(C2)C1C(=O)N1CCC[C@@H]1C(=O)O. The number of carbonyl (C=O) groups is 2. The van der Waals surface area contributed by atoms with Crippen molar-refractivity contribution in [3.63, 3.8) is 0 Å². The number of fused-ring (bicyclic) bond motifs is 2. The second kappa shape index (κ2) is 4.23. The van der Waals surface area contributed by atoms with E-state index in [1.54, 1.807) is 4.90 Å². The van der Waals surface area contributed by atoms with Crippen LogP contribution in [0.1, 0.15) is 32.1 Å². The van der Waals surface area contributed by atoms with E-state index in [1.165, 1.54) is 0 Å². The van der Waals surface area contributed by atoms with E-state index >= 15 is 0 Å². The normalized spacial score (nSPS) is 42.5. The maximum Gasteiger partial charge on any atom is 0.326 e. The summed E-state index contributed by atoms with van der Waals surface area (Å²) in [6.07, 6.45) is 4.65. The molecule has 5 atom stereocenters. The molecule has 1 saturated heterocycles. The molecule has 0 spiro atoms. The van der Waals surface area contributed by atoms with Gasteiger partial charge in [0.2, 0.25) is 5.91 Å². The number of hydrogen-bond donors (Lipinski definition) is 2. The van der Waals surface area contributed by atoms with Crippen LogP contribution in [-0.4, -0.2) is 40.5 Å². The van der Waals surface area contributed by atoms with Crippen LogP contribution in [0, 0.1) is 17.8 Å². The van der Waals surface area contributed by atoms with Crippen molar-refractivity contribution in [3.05, 3.63) is 0 Å². The van der Waals surface area contributed by atoms with Gasteiger partial charge in [0.15, 0.2) is 0 Å². The Labute approximate surface area is 106 Å². The molecule has 1 heterocycles. The largest absolute Gasteiger partial charge is 0.480 e. The lowest BCUT2D eigenvalue weighted by molar-refractivity contribution is -0.151. The fourth-order valence-corrected chi connectivity index (χ4v) is 4.18. The standard InChI is InChI=1S/C13H20N2O3/c14-11-8-4-3-7(6-8)10(11)12(16)15-5-1-2-9(15)13(17)18/h7-11H,1-6,14H2,(H,17,18)/t7?,8?,9-,10?,11?/m1/s1. The Bertz CT molecular complexity index is 382. The molecule has 5 nitrogen and oxygen atoms in total. The number of hydrogen-bond acceptors (Lipinski definition) is 3. The zero-order valence-corrected chi connectivity index (χ0v) is 10.4. The van der Waals surface area contributed by atoms with Gasteiger partial charge in [-0.3, -0.25) is 4.79 Å². The molecule has 3 N–H and O–H groups in total. The Hall–Kier alpha value is -1.10. The van der Waals surface area contributed by atoms with Crippen LogP contribution >= 0.6 is 0 Å². The molecule has 5 heteroatoms. The van der Waals surface area contributed by atoms with Gasteiger partial charge in [0, 0.05) is 12.6 Å². The molecular formula is C13H20N2O3. The summed E-state index contributed by atoms with van der Waals surface area (Å²) < 4.78 is 0. The van der Waals surface area contributed by atoms with Crippen LogP contribution in [0.4, 0.5) is 0 Å². The number of rotatable bonds is 2. The van der Waals surface area contributed by atoms with Crippen molar-refractivity contribution in [1.29, 1.82) is 0 Å². The highest BCUT2D eigenvalue weighted by atomic mass is 16.4. The summed E-state index contributed by atoms with van der Waals surface area (Å²) in [5.74, 6) is -0.122. The highest BCUT2D eigenvalue weighted by Gasteiger charge is 2.51. The second-order valence-electron chi connectivity index (χ2n) is 5.96. The fourth-order valence-electron chi connectivity index (χ4n) is 4.18. The Morgan fingerprint density at radius 2 is 1.89 bits per heavy atom. The van der Waals surface area contributed by atoms with E-state index in [4.69, 9.17) is 10.8 Å². The molecule has 2 bridgehead atoms. The van der Waals surface area contributed by atoms with Gasteiger partial charge in [-0.2, -0.15) is 0 Å². The third-order valence-corrected chi connectivity index (χ3v) is 5.09. The van der Waals surface area contributed by atoms with Gasteiger partial charge in [-0.1, -0.05) is 0 Å². The van der Waals surface area contributed by atoms with Crippen LogP contribution < -0.4 is 5.73 Å². The molecule has 0 aromatic rings. The van der Waals surface area contributed by atoms with Crippen molar-refractivity contribution in [2.75, 3.05) is 6.54 Å². The average Bonchev–Trinajstić information content (AvgIpc) is 3.03. The van der Waals surface area contributed by atoms with Crippen LogP contribution in [0.15, 0.2) is 0 Å². The predicted molar refractivity (Wildman–Crippen MR) is 64.7 cm³/mol. The molecule has 1 amide bonds. The molecule has 3 fully saturated rings. The number of nitrogens with zero attached hydrogens (tertiary/aromatic N) is 1. The van der Waals surface area contributed by atoms with Crippen LogP contribution in [0.5, 0.6) is 0 Å². The van der Waals surface area contributed by atoms with Gasteiger partial charge in [0.05, 0.1) is 5.92 Å². The zero-order valence-electron chi connectivity index (χ0n) is 10.4. The molecule has 2 aliphatic carbocycles. The van der Waals surface area contributed by atoms with E-state index in [0.29, 0.717) is 24.8 Å². The number of nitrogens with two attached hydrogens (primary N) is 1. The second-order valence-corrected chi connectivity index (χ2v) is 5.96. The van der Waals surface area contributed by atoms with Crippen molar-refractivity contribution < 1.29 is 14.7 Å². The molecular weight excluding hydrogens is 232 g/mol. The zero-order chi connectivity index (χ0) is 12.9.